The van der Waals surface area contributed by atoms with E-state index in [0.717, 1.165) is 23.9 Å². The molecule has 0 radical (unpaired) electrons. The average molecular weight is 204 g/mol. The van der Waals surface area contributed by atoms with Gasteiger partial charge < -0.3 is 15.8 Å². The molecule has 2 rings (SSSR count). The number of benzene rings is 1. The van der Waals surface area contributed by atoms with Crippen LogP contribution in [0.1, 0.15) is 24.4 Å². The molecule has 1 aromatic heterocycles. The summed E-state index contributed by atoms with van der Waals surface area (Å²) in [4.78, 5) is 3.17. The van der Waals surface area contributed by atoms with Crippen LogP contribution in [-0.4, -0.2) is 16.7 Å². The van der Waals surface area contributed by atoms with Gasteiger partial charge in [0.15, 0.2) is 0 Å². The summed E-state index contributed by atoms with van der Waals surface area (Å²) in [6.07, 6.45) is 3.50. The van der Waals surface area contributed by atoms with Crippen molar-refractivity contribution in [1.29, 1.82) is 0 Å². The van der Waals surface area contributed by atoms with E-state index >= 15 is 0 Å². The summed E-state index contributed by atoms with van der Waals surface area (Å²) in [5, 5.41) is 9.94. The Labute approximate surface area is 88.9 Å². The summed E-state index contributed by atoms with van der Waals surface area (Å²) in [5.74, 6) is 0. The van der Waals surface area contributed by atoms with Gasteiger partial charge in [-0.05, 0) is 35.9 Å². The number of fused-ring (bicyclic) bond motifs is 1. The number of hydrogen-bond donors (Lipinski definition) is 3. The Kier molecular flexibility index (Phi) is 3.04. The van der Waals surface area contributed by atoms with Gasteiger partial charge in [-0.1, -0.05) is 12.1 Å². The summed E-state index contributed by atoms with van der Waals surface area (Å²) in [5.41, 5.74) is 8.26. The molecule has 4 N–H and O–H groups in total. The fraction of sp³-hybridized carbons (Fsp3) is 0.333. The molecular formula is C12H16N2O. The third-order valence-corrected chi connectivity index (χ3v) is 2.68. The van der Waals surface area contributed by atoms with E-state index in [1.807, 2.05) is 12.3 Å². The van der Waals surface area contributed by atoms with Gasteiger partial charge in [0, 0.05) is 24.4 Å². The first-order valence-electron chi connectivity index (χ1n) is 5.25. The van der Waals surface area contributed by atoms with Crippen molar-refractivity contribution in [2.24, 2.45) is 5.73 Å². The number of aliphatic hydroxyl groups excluding tert-OH is 1. The summed E-state index contributed by atoms with van der Waals surface area (Å²) in [7, 11) is 0. The van der Waals surface area contributed by atoms with Crippen molar-refractivity contribution in [1.82, 2.24) is 4.98 Å². The summed E-state index contributed by atoms with van der Waals surface area (Å²) >= 11 is 0. The molecule has 3 heteroatoms. The van der Waals surface area contributed by atoms with Crippen LogP contribution in [0.25, 0.3) is 10.9 Å². The van der Waals surface area contributed by atoms with Gasteiger partial charge in [0.25, 0.3) is 0 Å². The molecule has 80 valence electrons. The quantitative estimate of drug-likeness (QED) is 0.712. The van der Waals surface area contributed by atoms with Gasteiger partial charge in [-0.3, -0.25) is 0 Å². The Morgan fingerprint density at radius 2 is 2.20 bits per heavy atom. The second kappa shape index (κ2) is 4.47. The van der Waals surface area contributed by atoms with E-state index in [-0.39, 0.29) is 12.6 Å². The van der Waals surface area contributed by atoms with E-state index < -0.39 is 0 Å². The highest BCUT2D eigenvalue weighted by atomic mass is 16.2. The first kappa shape index (κ1) is 10.2. The predicted octanol–water partition coefficient (Wildman–Crippen LogP) is 1.94. The molecule has 0 aliphatic heterocycles. The van der Waals surface area contributed by atoms with Crippen molar-refractivity contribution in [3.8, 4) is 0 Å². The average Bonchev–Trinajstić information content (AvgIpc) is 2.72. The van der Waals surface area contributed by atoms with E-state index in [9.17, 15) is 0 Å². The van der Waals surface area contributed by atoms with Crippen LogP contribution in [0.4, 0.5) is 0 Å². The number of aromatic nitrogens is 1. The van der Waals surface area contributed by atoms with Crippen LogP contribution >= 0.6 is 0 Å². The van der Waals surface area contributed by atoms with Gasteiger partial charge in [-0.15, -0.1) is 0 Å². The van der Waals surface area contributed by atoms with Crippen molar-refractivity contribution in [2.45, 2.75) is 18.9 Å². The van der Waals surface area contributed by atoms with Crippen LogP contribution < -0.4 is 5.73 Å². The summed E-state index contributed by atoms with van der Waals surface area (Å²) in [6, 6.07) is 8.26. The third-order valence-electron chi connectivity index (χ3n) is 2.68. The van der Waals surface area contributed by atoms with Crippen LogP contribution in [-0.2, 0) is 0 Å². The minimum atomic E-state index is 0.0184. The molecule has 0 saturated heterocycles. The first-order chi connectivity index (χ1) is 7.31. The predicted molar refractivity (Wildman–Crippen MR) is 61.5 cm³/mol. The second-order valence-electron chi connectivity index (χ2n) is 3.80. The van der Waals surface area contributed by atoms with Crippen LogP contribution in [0.5, 0.6) is 0 Å². The molecule has 0 fully saturated rings. The minimum Gasteiger partial charge on any atom is -0.396 e. The number of aliphatic hydroxyl groups is 1. The van der Waals surface area contributed by atoms with E-state index in [0.29, 0.717) is 0 Å². The monoisotopic (exact) mass is 204 g/mol. The topological polar surface area (TPSA) is 62.0 Å². The number of nitrogens with two attached hydrogens (primary N) is 1. The van der Waals surface area contributed by atoms with E-state index in [1.54, 1.807) is 0 Å². The van der Waals surface area contributed by atoms with E-state index in [1.165, 1.54) is 5.39 Å². The van der Waals surface area contributed by atoms with E-state index in [4.69, 9.17) is 10.8 Å². The van der Waals surface area contributed by atoms with Crippen LogP contribution in [0.15, 0.2) is 30.5 Å². The Bertz CT molecular complexity index is 436. The zero-order valence-corrected chi connectivity index (χ0v) is 8.61. The molecule has 0 saturated carbocycles. The SMILES string of the molecule is N[C@@H](CCCO)c1ccc2cc[nH]c2c1. The van der Waals surface area contributed by atoms with Crippen molar-refractivity contribution in [3.05, 3.63) is 36.0 Å². The highest BCUT2D eigenvalue weighted by Crippen LogP contribution is 2.20. The first-order valence-corrected chi connectivity index (χ1v) is 5.25. The van der Waals surface area contributed by atoms with Gasteiger partial charge in [0.05, 0.1) is 0 Å². The third kappa shape index (κ3) is 2.19. The molecule has 0 spiro atoms. The standard InChI is InChI=1S/C12H16N2O/c13-11(2-1-7-15)10-4-3-9-5-6-14-12(9)8-10/h3-6,8,11,14-15H,1-2,7,13H2/t11-/m0/s1. The molecule has 2 aromatic rings. The van der Waals surface area contributed by atoms with Crippen molar-refractivity contribution < 1.29 is 5.11 Å². The lowest BCUT2D eigenvalue weighted by atomic mass is 10.0. The fourth-order valence-electron chi connectivity index (χ4n) is 1.77. The van der Waals surface area contributed by atoms with Crippen LogP contribution in [0, 0.1) is 0 Å². The Balaban J connectivity index is 2.19. The number of hydrogen-bond acceptors (Lipinski definition) is 2. The maximum Gasteiger partial charge on any atom is 0.0457 e. The molecule has 1 atom stereocenters. The van der Waals surface area contributed by atoms with Gasteiger partial charge in [0.2, 0.25) is 0 Å². The highest BCUT2D eigenvalue weighted by molar-refractivity contribution is 5.79. The van der Waals surface area contributed by atoms with Gasteiger partial charge >= 0.3 is 0 Å². The highest BCUT2D eigenvalue weighted by Gasteiger charge is 2.06. The van der Waals surface area contributed by atoms with Crippen molar-refractivity contribution in [3.63, 3.8) is 0 Å². The molecule has 0 aliphatic rings. The molecule has 15 heavy (non-hydrogen) atoms. The smallest absolute Gasteiger partial charge is 0.0457 e. The zero-order valence-electron chi connectivity index (χ0n) is 8.61. The molecule has 0 amide bonds. The zero-order chi connectivity index (χ0) is 10.7. The summed E-state index contributed by atoms with van der Waals surface area (Å²) < 4.78 is 0. The molecule has 0 unspecified atom stereocenters. The largest absolute Gasteiger partial charge is 0.396 e. The second-order valence-corrected chi connectivity index (χ2v) is 3.80. The Hall–Kier alpha value is -1.32. The fourth-order valence-corrected chi connectivity index (χ4v) is 1.77. The Morgan fingerprint density at radius 1 is 1.33 bits per heavy atom. The molecule has 1 heterocycles. The lowest BCUT2D eigenvalue weighted by Crippen LogP contribution is -2.10. The molecule has 3 nitrogen and oxygen atoms in total. The van der Waals surface area contributed by atoms with Crippen LogP contribution in [0.3, 0.4) is 0 Å². The van der Waals surface area contributed by atoms with E-state index in [2.05, 4.69) is 23.2 Å². The van der Waals surface area contributed by atoms with Gasteiger partial charge in [-0.25, -0.2) is 0 Å². The normalized spacial score (nSPS) is 13.2. The van der Waals surface area contributed by atoms with Crippen molar-refractivity contribution >= 4 is 10.9 Å². The minimum absolute atomic E-state index is 0.0184. The maximum absolute atomic E-state index is 8.74. The molecule has 0 bridgehead atoms. The van der Waals surface area contributed by atoms with Gasteiger partial charge in [-0.2, -0.15) is 0 Å². The Morgan fingerprint density at radius 3 is 3.00 bits per heavy atom. The number of H-pyrrole nitrogens is 1. The lowest BCUT2D eigenvalue weighted by molar-refractivity contribution is 0.280. The number of aromatic amines is 1. The number of nitrogens with one attached hydrogen (secondary N) is 1. The summed E-state index contributed by atoms with van der Waals surface area (Å²) in [6.45, 7) is 0.207. The maximum atomic E-state index is 8.74. The number of rotatable bonds is 4. The molecule has 1 aromatic carbocycles. The van der Waals surface area contributed by atoms with Crippen molar-refractivity contribution in [2.75, 3.05) is 6.61 Å². The lowest BCUT2D eigenvalue weighted by Gasteiger charge is -2.11. The molecular weight excluding hydrogens is 188 g/mol. The van der Waals surface area contributed by atoms with Crippen LogP contribution in [0.2, 0.25) is 0 Å². The van der Waals surface area contributed by atoms with Gasteiger partial charge in [0.1, 0.15) is 0 Å². The molecule has 0 aliphatic carbocycles.